The highest BCUT2D eigenvalue weighted by molar-refractivity contribution is 7.80. The predicted molar refractivity (Wildman–Crippen MR) is 66.6 cm³/mol. The van der Waals surface area contributed by atoms with E-state index in [4.69, 9.17) is 12.2 Å². The fourth-order valence-corrected chi connectivity index (χ4v) is 1.76. The van der Waals surface area contributed by atoms with Crippen molar-refractivity contribution in [2.75, 3.05) is 6.54 Å². The smallest absolute Gasteiger partial charge is 0.166 e. The molecule has 2 N–H and O–H groups in total. The molecule has 0 aliphatic rings. The predicted octanol–water partition coefficient (Wildman–Crippen LogP) is 2.37. The van der Waals surface area contributed by atoms with Crippen molar-refractivity contribution in [3.8, 4) is 0 Å². The SMILES string of the molecule is CC(C)CNC(=S)NCc1ccsc1. The van der Waals surface area contributed by atoms with Crippen molar-refractivity contribution in [3.05, 3.63) is 22.4 Å². The van der Waals surface area contributed by atoms with Crippen molar-refractivity contribution in [2.24, 2.45) is 5.92 Å². The molecule has 1 heterocycles. The highest BCUT2D eigenvalue weighted by atomic mass is 32.1. The third-order valence-corrected chi connectivity index (χ3v) is 2.72. The van der Waals surface area contributed by atoms with Crippen LogP contribution >= 0.6 is 23.6 Å². The van der Waals surface area contributed by atoms with Crippen LogP contribution in [0.1, 0.15) is 19.4 Å². The molecule has 0 spiro atoms. The summed E-state index contributed by atoms with van der Waals surface area (Å²) in [6.07, 6.45) is 0. The standard InChI is InChI=1S/C10H16N2S2/c1-8(2)5-11-10(13)12-6-9-3-4-14-7-9/h3-4,7-8H,5-6H2,1-2H3,(H2,11,12,13). The van der Waals surface area contributed by atoms with Crippen LogP contribution in [0, 0.1) is 5.92 Å². The molecule has 4 heteroatoms. The molecule has 0 saturated heterocycles. The molecule has 1 aromatic heterocycles. The van der Waals surface area contributed by atoms with Crippen LogP contribution in [-0.4, -0.2) is 11.7 Å². The Bertz CT molecular complexity index is 268. The van der Waals surface area contributed by atoms with E-state index in [1.807, 2.05) is 0 Å². The summed E-state index contributed by atoms with van der Waals surface area (Å²) in [6.45, 7) is 6.06. The zero-order valence-electron chi connectivity index (χ0n) is 8.54. The molecule has 0 bridgehead atoms. The summed E-state index contributed by atoms with van der Waals surface area (Å²) in [5.74, 6) is 0.621. The van der Waals surface area contributed by atoms with Crippen molar-refractivity contribution >= 4 is 28.7 Å². The Morgan fingerprint density at radius 3 is 2.86 bits per heavy atom. The number of thiophene rings is 1. The number of nitrogens with one attached hydrogen (secondary N) is 2. The van der Waals surface area contributed by atoms with Gasteiger partial charge in [0.2, 0.25) is 0 Å². The minimum Gasteiger partial charge on any atom is -0.362 e. The summed E-state index contributed by atoms with van der Waals surface area (Å²) in [5.41, 5.74) is 1.28. The zero-order valence-corrected chi connectivity index (χ0v) is 10.2. The molecule has 78 valence electrons. The van der Waals surface area contributed by atoms with E-state index in [0.717, 1.165) is 18.2 Å². The summed E-state index contributed by atoms with van der Waals surface area (Å²) in [6, 6.07) is 2.10. The molecule has 2 nitrogen and oxygen atoms in total. The minimum atomic E-state index is 0.621. The second kappa shape index (κ2) is 5.98. The highest BCUT2D eigenvalue weighted by Crippen LogP contribution is 2.04. The first-order valence-corrected chi connectivity index (χ1v) is 6.06. The van der Waals surface area contributed by atoms with E-state index < -0.39 is 0 Å². The van der Waals surface area contributed by atoms with Crippen LogP contribution in [0.2, 0.25) is 0 Å². The maximum atomic E-state index is 5.13. The van der Waals surface area contributed by atoms with Gasteiger partial charge in [-0.15, -0.1) is 0 Å². The van der Waals surface area contributed by atoms with Gasteiger partial charge in [-0.1, -0.05) is 13.8 Å². The first-order chi connectivity index (χ1) is 6.68. The molecule has 0 radical (unpaired) electrons. The molecule has 14 heavy (non-hydrogen) atoms. The van der Waals surface area contributed by atoms with Crippen LogP contribution in [0.25, 0.3) is 0 Å². The lowest BCUT2D eigenvalue weighted by molar-refractivity contribution is 0.619. The highest BCUT2D eigenvalue weighted by Gasteiger charge is 1.97. The van der Waals surface area contributed by atoms with Gasteiger partial charge in [-0.05, 0) is 40.5 Å². The first kappa shape index (κ1) is 11.5. The van der Waals surface area contributed by atoms with E-state index in [-0.39, 0.29) is 0 Å². The van der Waals surface area contributed by atoms with Crippen LogP contribution in [0.3, 0.4) is 0 Å². The Labute approximate surface area is 94.7 Å². The van der Waals surface area contributed by atoms with Gasteiger partial charge < -0.3 is 10.6 Å². The molecular weight excluding hydrogens is 212 g/mol. The summed E-state index contributed by atoms with van der Waals surface area (Å²) >= 11 is 6.83. The Balaban J connectivity index is 2.15. The van der Waals surface area contributed by atoms with Crippen LogP contribution in [0.5, 0.6) is 0 Å². The van der Waals surface area contributed by atoms with Crippen LogP contribution in [0.4, 0.5) is 0 Å². The molecule has 1 rings (SSSR count). The van der Waals surface area contributed by atoms with Crippen molar-refractivity contribution in [1.29, 1.82) is 0 Å². The average molecular weight is 228 g/mol. The number of hydrogen-bond acceptors (Lipinski definition) is 2. The molecular formula is C10H16N2S2. The second-order valence-electron chi connectivity index (χ2n) is 3.59. The number of thiocarbonyl (C=S) groups is 1. The molecule has 0 saturated carbocycles. The summed E-state index contributed by atoms with van der Waals surface area (Å²) in [7, 11) is 0. The Morgan fingerprint density at radius 1 is 1.50 bits per heavy atom. The van der Waals surface area contributed by atoms with Crippen LogP contribution in [0.15, 0.2) is 16.8 Å². The zero-order chi connectivity index (χ0) is 10.4. The van der Waals surface area contributed by atoms with Gasteiger partial charge in [0, 0.05) is 13.1 Å². The molecule has 0 fully saturated rings. The van der Waals surface area contributed by atoms with E-state index in [0.29, 0.717) is 5.92 Å². The van der Waals surface area contributed by atoms with Gasteiger partial charge in [-0.3, -0.25) is 0 Å². The van der Waals surface area contributed by atoms with Gasteiger partial charge in [0.15, 0.2) is 5.11 Å². The van der Waals surface area contributed by atoms with E-state index in [9.17, 15) is 0 Å². The normalized spacial score (nSPS) is 10.2. The second-order valence-corrected chi connectivity index (χ2v) is 4.78. The Hall–Kier alpha value is -0.610. The van der Waals surface area contributed by atoms with E-state index in [1.54, 1.807) is 11.3 Å². The van der Waals surface area contributed by atoms with Crippen LogP contribution in [-0.2, 0) is 6.54 Å². The van der Waals surface area contributed by atoms with Gasteiger partial charge in [-0.2, -0.15) is 11.3 Å². The van der Waals surface area contributed by atoms with Crippen molar-refractivity contribution in [1.82, 2.24) is 10.6 Å². The lowest BCUT2D eigenvalue weighted by atomic mass is 10.2. The van der Waals surface area contributed by atoms with Crippen molar-refractivity contribution in [2.45, 2.75) is 20.4 Å². The monoisotopic (exact) mass is 228 g/mol. The Morgan fingerprint density at radius 2 is 2.29 bits per heavy atom. The lowest BCUT2D eigenvalue weighted by Gasteiger charge is -2.11. The Kier molecular flexibility index (Phi) is 4.90. The number of hydrogen-bond donors (Lipinski definition) is 2. The van der Waals surface area contributed by atoms with E-state index >= 15 is 0 Å². The van der Waals surface area contributed by atoms with Gasteiger partial charge in [0.05, 0.1) is 0 Å². The molecule has 0 aliphatic heterocycles. The molecule has 1 aromatic rings. The minimum absolute atomic E-state index is 0.621. The molecule has 0 unspecified atom stereocenters. The average Bonchev–Trinajstić information content (AvgIpc) is 2.63. The van der Waals surface area contributed by atoms with Crippen molar-refractivity contribution < 1.29 is 0 Å². The van der Waals surface area contributed by atoms with Gasteiger partial charge >= 0.3 is 0 Å². The maximum absolute atomic E-state index is 5.13. The molecule has 0 atom stereocenters. The third kappa shape index (κ3) is 4.58. The van der Waals surface area contributed by atoms with Gasteiger partial charge in [0.25, 0.3) is 0 Å². The summed E-state index contributed by atoms with van der Waals surface area (Å²) in [5, 5.41) is 11.3. The maximum Gasteiger partial charge on any atom is 0.166 e. The largest absolute Gasteiger partial charge is 0.362 e. The molecule has 0 amide bonds. The first-order valence-electron chi connectivity index (χ1n) is 4.71. The van der Waals surface area contributed by atoms with E-state index in [1.165, 1.54) is 5.56 Å². The number of rotatable bonds is 4. The molecule has 0 aliphatic carbocycles. The topological polar surface area (TPSA) is 24.1 Å². The van der Waals surface area contributed by atoms with E-state index in [2.05, 4.69) is 41.3 Å². The fourth-order valence-electron chi connectivity index (χ4n) is 0.935. The quantitative estimate of drug-likeness (QED) is 0.774. The summed E-state index contributed by atoms with van der Waals surface area (Å²) in [4.78, 5) is 0. The fraction of sp³-hybridized carbons (Fsp3) is 0.500. The van der Waals surface area contributed by atoms with Crippen LogP contribution < -0.4 is 10.6 Å². The molecule has 0 aromatic carbocycles. The van der Waals surface area contributed by atoms with Crippen molar-refractivity contribution in [3.63, 3.8) is 0 Å². The lowest BCUT2D eigenvalue weighted by Crippen LogP contribution is -2.36. The third-order valence-electron chi connectivity index (χ3n) is 1.70. The summed E-state index contributed by atoms with van der Waals surface area (Å²) < 4.78 is 0. The van der Waals surface area contributed by atoms with Gasteiger partial charge in [-0.25, -0.2) is 0 Å². The van der Waals surface area contributed by atoms with Gasteiger partial charge in [0.1, 0.15) is 0 Å².